The molecule has 0 aromatic heterocycles. The van der Waals surface area contributed by atoms with Crippen molar-refractivity contribution in [2.75, 3.05) is 19.7 Å². The molecule has 1 aromatic carbocycles. The molecule has 1 rings (SSSR count). The maximum atomic E-state index is 12.7. The van der Waals surface area contributed by atoms with E-state index < -0.39 is 0 Å². The Morgan fingerprint density at radius 2 is 2.00 bits per heavy atom. The van der Waals surface area contributed by atoms with Crippen molar-refractivity contribution in [3.63, 3.8) is 0 Å². The van der Waals surface area contributed by atoms with Crippen LogP contribution in [-0.4, -0.2) is 30.5 Å². The number of rotatable bonds is 6. The van der Waals surface area contributed by atoms with Gasteiger partial charge in [-0.2, -0.15) is 0 Å². The highest BCUT2D eigenvalue weighted by Gasteiger charge is 2.12. The van der Waals surface area contributed by atoms with E-state index in [9.17, 15) is 9.18 Å². The predicted molar refractivity (Wildman–Crippen MR) is 69.0 cm³/mol. The normalized spacial score (nSPS) is 9.94. The van der Waals surface area contributed by atoms with E-state index in [2.05, 4.69) is 6.58 Å². The first-order valence-corrected chi connectivity index (χ1v) is 5.83. The van der Waals surface area contributed by atoms with Gasteiger partial charge in [-0.15, -0.1) is 0 Å². The fraction of sp³-hybridized carbons (Fsp3) is 0.357. The highest BCUT2D eigenvalue weighted by Crippen LogP contribution is 2.11. The van der Waals surface area contributed by atoms with Crippen LogP contribution >= 0.6 is 0 Å². The van der Waals surface area contributed by atoms with Gasteiger partial charge in [0.05, 0.1) is 0 Å². The summed E-state index contributed by atoms with van der Waals surface area (Å²) in [5.74, 6) is 0.0482. The zero-order valence-electron chi connectivity index (χ0n) is 10.8. The molecule has 98 valence electrons. The largest absolute Gasteiger partial charge is 0.484 e. The van der Waals surface area contributed by atoms with Crippen molar-refractivity contribution in [2.24, 2.45) is 0 Å². The van der Waals surface area contributed by atoms with Crippen molar-refractivity contribution in [1.29, 1.82) is 0 Å². The number of amides is 1. The number of hydrogen-bond donors (Lipinski definition) is 0. The second-order valence-corrected chi connectivity index (χ2v) is 4.11. The summed E-state index contributed by atoms with van der Waals surface area (Å²) in [6, 6.07) is 5.59. The third-order valence-electron chi connectivity index (χ3n) is 2.37. The second kappa shape index (κ2) is 6.79. The van der Waals surface area contributed by atoms with Gasteiger partial charge in [-0.1, -0.05) is 12.2 Å². The van der Waals surface area contributed by atoms with Crippen molar-refractivity contribution in [2.45, 2.75) is 13.8 Å². The number of ether oxygens (including phenoxy) is 1. The number of carbonyl (C=O) groups is 1. The van der Waals surface area contributed by atoms with Crippen LogP contribution < -0.4 is 4.74 Å². The molecule has 0 radical (unpaired) electrons. The van der Waals surface area contributed by atoms with Gasteiger partial charge in [0.15, 0.2) is 6.61 Å². The van der Waals surface area contributed by atoms with Crippen LogP contribution in [0.1, 0.15) is 13.8 Å². The summed E-state index contributed by atoms with van der Waals surface area (Å²) in [5, 5.41) is 0. The minimum Gasteiger partial charge on any atom is -0.484 e. The molecule has 1 amide bonds. The SMILES string of the molecule is C=C(C)CN(CC)C(=O)COc1ccc(F)cc1. The fourth-order valence-electron chi connectivity index (χ4n) is 1.47. The first-order chi connectivity index (χ1) is 8.52. The quantitative estimate of drug-likeness (QED) is 0.727. The lowest BCUT2D eigenvalue weighted by molar-refractivity contribution is -0.132. The minimum atomic E-state index is -0.328. The Kier molecular flexibility index (Phi) is 5.36. The second-order valence-electron chi connectivity index (χ2n) is 4.11. The number of benzene rings is 1. The van der Waals surface area contributed by atoms with Crippen molar-refractivity contribution in [1.82, 2.24) is 4.90 Å². The number of likely N-dealkylation sites (N-methyl/N-ethyl adjacent to an activating group) is 1. The van der Waals surface area contributed by atoms with Crippen molar-refractivity contribution >= 4 is 5.91 Å². The monoisotopic (exact) mass is 251 g/mol. The van der Waals surface area contributed by atoms with Crippen LogP contribution in [0.15, 0.2) is 36.4 Å². The van der Waals surface area contributed by atoms with Gasteiger partial charge in [0.1, 0.15) is 11.6 Å². The molecule has 3 nitrogen and oxygen atoms in total. The minimum absolute atomic E-state index is 0.0489. The summed E-state index contributed by atoms with van der Waals surface area (Å²) in [7, 11) is 0. The molecule has 0 bridgehead atoms. The van der Waals surface area contributed by atoms with E-state index in [-0.39, 0.29) is 18.3 Å². The van der Waals surface area contributed by atoms with Crippen LogP contribution in [0.25, 0.3) is 0 Å². The summed E-state index contributed by atoms with van der Waals surface area (Å²) in [6.45, 7) is 8.64. The Balaban J connectivity index is 2.49. The number of carbonyl (C=O) groups excluding carboxylic acids is 1. The van der Waals surface area contributed by atoms with E-state index in [1.807, 2.05) is 13.8 Å². The molecule has 0 fully saturated rings. The van der Waals surface area contributed by atoms with Gasteiger partial charge in [-0.05, 0) is 38.1 Å². The summed E-state index contributed by atoms with van der Waals surface area (Å²) in [6.07, 6.45) is 0. The third-order valence-corrected chi connectivity index (χ3v) is 2.37. The molecule has 0 saturated heterocycles. The highest BCUT2D eigenvalue weighted by molar-refractivity contribution is 5.78. The molecule has 0 aliphatic carbocycles. The van der Waals surface area contributed by atoms with Gasteiger partial charge >= 0.3 is 0 Å². The Morgan fingerprint density at radius 1 is 1.39 bits per heavy atom. The van der Waals surface area contributed by atoms with Crippen LogP contribution in [0.4, 0.5) is 4.39 Å². The van der Waals surface area contributed by atoms with E-state index >= 15 is 0 Å². The lowest BCUT2D eigenvalue weighted by Crippen LogP contribution is -2.35. The zero-order valence-corrected chi connectivity index (χ0v) is 10.8. The van der Waals surface area contributed by atoms with Crippen LogP contribution in [0.2, 0.25) is 0 Å². The van der Waals surface area contributed by atoms with Crippen LogP contribution in [0, 0.1) is 5.82 Å². The molecule has 0 unspecified atom stereocenters. The van der Waals surface area contributed by atoms with E-state index in [1.165, 1.54) is 24.3 Å². The predicted octanol–water partition coefficient (Wildman–Crippen LogP) is 2.63. The summed E-state index contributed by atoms with van der Waals surface area (Å²) < 4.78 is 18.0. The first kappa shape index (κ1) is 14.2. The Hall–Kier alpha value is -1.84. The average Bonchev–Trinajstić information content (AvgIpc) is 2.34. The molecule has 18 heavy (non-hydrogen) atoms. The molecule has 0 N–H and O–H groups in total. The fourth-order valence-corrected chi connectivity index (χ4v) is 1.47. The molecule has 4 heteroatoms. The van der Waals surface area contributed by atoms with Crippen molar-refractivity contribution < 1.29 is 13.9 Å². The summed E-state index contributed by atoms with van der Waals surface area (Å²) in [5.41, 5.74) is 0.923. The topological polar surface area (TPSA) is 29.5 Å². The highest BCUT2D eigenvalue weighted by atomic mass is 19.1. The molecule has 0 heterocycles. The molecule has 0 saturated carbocycles. The van der Waals surface area contributed by atoms with Crippen LogP contribution in [-0.2, 0) is 4.79 Å². The van der Waals surface area contributed by atoms with E-state index in [0.29, 0.717) is 18.8 Å². The number of hydrogen-bond acceptors (Lipinski definition) is 2. The van der Waals surface area contributed by atoms with E-state index in [0.717, 1.165) is 5.57 Å². The Labute approximate surface area is 107 Å². The molecule has 0 atom stereocenters. The molecule has 0 spiro atoms. The van der Waals surface area contributed by atoms with Gasteiger partial charge in [0.2, 0.25) is 0 Å². The van der Waals surface area contributed by atoms with Gasteiger partial charge in [0, 0.05) is 13.1 Å². The van der Waals surface area contributed by atoms with Gasteiger partial charge in [0.25, 0.3) is 5.91 Å². The standard InChI is InChI=1S/C14H18FNO2/c1-4-16(9-11(2)3)14(17)10-18-13-7-5-12(15)6-8-13/h5-8H,2,4,9-10H2,1,3H3. The van der Waals surface area contributed by atoms with Crippen molar-refractivity contribution in [3.05, 3.63) is 42.2 Å². The summed E-state index contributed by atoms with van der Waals surface area (Å²) >= 11 is 0. The molecule has 0 aliphatic rings. The third kappa shape index (κ3) is 4.57. The zero-order chi connectivity index (χ0) is 13.5. The lowest BCUT2D eigenvalue weighted by Gasteiger charge is -2.20. The Morgan fingerprint density at radius 3 is 2.50 bits per heavy atom. The molecular formula is C14H18FNO2. The lowest BCUT2D eigenvalue weighted by atomic mass is 10.3. The molecule has 1 aromatic rings. The van der Waals surface area contributed by atoms with Gasteiger partial charge in [-0.25, -0.2) is 4.39 Å². The van der Waals surface area contributed by atoms with Gasteiger partial charge in [-0.3, -0.25) is 4.79 Å². The van der Waals surface area contributed by atoms with E-state index in [4.69, 9.17) is 4.74 Å². The first-order valence-electron chi connectivity index (χ1n) is 5.83. The Bertz CT molecular complexity index is 414. The number of halogens is 1. The van der Waals surface area contributed by atoms with Crippen LogP contribution in [0.5, 0.6) is 5.75 Å². The van der Waals surface area contributed by atoms with Crippen LogP contribution in [0.3, 0.4) is 0 Å². The smallest absolute Gasteiger partial charge is 0.260 e. The summed E-state index contributed by atoms with van der Waals surface area (Å²) in [4.78, 5) is 13.5. The number of nitrogens with zero attached hydrogens (tertiary/aromatic N) is 1. The maximum absolute atomic E-state index is 12.7. The average molecular weight is 251 g/mol. The van der Waals surface area contributed by atoms with E-state index in [1.54, 1.807) is 4.90 Å². The maximum Gasteiger partial charge on any atom is 0.260 e. The van der Waals surface area contributed by atoms with Gasteiger partial charge < -0.3 is 9.64 Å². The van der Waals surface area contributed by atoms with Crippen molar-refractivity contribution in [3.8, 4) is 5.75 Å². The molecule has 0 aliphatic heterocycles. The molecular weight excluding hydrogens is 233 g/mol.